The second-order valence-corrected chi connectivity index (χ2v) is 7.49. The molecule has 2 aliphatic rings. The number of ether oxygens (including phenoxy) is 2. The van der Waals surface area contributed by atoms with Gasteiger partial charge in [-0.1, -0.05) is 49.8 Å². The van der Waals surface area contributed by atoms with Crippen molar-refractivity contribution in [3.05, 3.63) is 35.1 Å². The number of carbonyl (C=O) groups excluding carboxylic acids is 2. The number of nitrogens with two attached hydrogens (primary N) is 1. The van der Waals surface area contributed by atoms with Crippen LogP contribution < -0.4 is 15.2 Å². The zero-order valence-corrected chi connectivity index (χ0v) is 16.2. The number of amides is 2. The molecule has 0 saturated heterocycles. The van der Waals surface area contributed by atoms with Gasteiger partial charge in [0.25, 0.3) is 5.91 Å². The normalized spacial score (nSPS) is 19.0. The van der Waals surface area contributed by atoms with Crippen molar-refractivity contribution in [2.75, 3.05) is 13.7 Å². The molecule has 2 amide bonds. The van der Waals surface area contributed by atoms with Gasteiger partial charge in [-0.25, -0.2) is 0 Å². The van der Waals surface area contributed by atoms with Crippen molar-refractivity contribution in [3.63, 3.8) is 0 Å². The fourth-order valence-corrected chi connectivity index (χ4v) is 4.08. The molecule has 0 spiro atoms. The highest BCUT2D eigenvalue weighted by Crippen LogP contribution is 2.35. The average molecular weight is 393 g/mol. The van der Waals surface area contributed by atoms with Crippen LogP contribution in [0.25, 0.3) is 0 Å². The van der Waals surface area contributed by atoms with Gasteiger partial charge in [0.15, 0.2) is 0 Å². The fraction of sp³-hybridized carbons (Fsp3) is 0.500. The van der Waals surface area contributed by atoms with Gasteiger partial charge in [-0.2, -0.15) is 0 Å². The number of halogens is 1. The molecule has 0 aromatic heterocycles. The quantitative estimate of drug-likeness (QED) is 0.772. The molecule has 1 atom stereocenters. The highest BCUT2D eigenvalue weighted by Gasteiger charge is 2.35. The van der Waals surface area contributed by atoms with E-state index in [1.807, 2.05) is 0 Å². The number of primary amides is 1. The molecule has 6 nitrogen and oxygen atoms in total. The van der Waals surface area contributed by atoms with Crippen LogP contribution in [0.4, 0.5) is 0 Å². The Morgan fingerprint density at radius 2 is 2.00 bits per heavy atom. The lowest BCUT2D eigenvalue weighted by Crippen LogP contribution is -2.47. The van der Waals surface area contributed by atoms with Crippen LogP contribution in [-0.2, 0) is 9.59 Å². The molecule has 1 aliphatic carbocycles. The summed E-state index contributed by atoms with van der Waals surface area (Å²) in [7, 11) is 1.52. The molecule has 0 radical (unpaired) electrons. The predicted octanol–water partition coefficient (Wildman–Crippen LogP) is 3.28. The Hall–Kier alpha value is -2.21. The van der Waals surface area contributed by atoms with E-state index in [2.05, 4.69) is 0 Å². The molecule has 2 N–H and O–H groups in total. The first-order chi connectivity index (χ1) is 13.0. The molecule has 1 heterocycles. The maximum Gasteiger partial charge on any atom is 0.251 e. The molecule has 1 saturated carbocycles. The maximum absolute atomic E-state index is 12.5. The van der Waals surface area contributed by atoms with E-state index >= 15 is 0 Å². The minimum atomic E-state index is -0.612. The molecule has 27 heavy (non-hydrogen) atoms. The molecule has 3 rings (SSSR count). The van der Waals surface area contributed by atoms with Crippen molar-refractivity contribution in [2.24, 2.45) is 11.7 Å². The van der Waals surface area contributed by atoms with E-state index in [4.69, 9.17) is 26.8 Å². The molecule has 146 valence electrons. The number of benzene rings is 1. The Labute approximate surface area is 164 Å². The highest BCUT2D eigenvalue weighted by molar-refractivity contribution is 6.33. The Morgan fingerprint density at radius 3 is 2.67 bits per heavy atom. The van der Waals surface area contributed by atoms with Gasteiger partial charge in [0.1, 0.15) is 28.3 Å². The Bertz CT molecular complexity index is 743. The van der Waals surface area contributed by atoms with E-state index in [-0.39, 0.29) is 12.5 Å². The van der Waals surface area contributed by atoms with E-state index in [9.17, 15) is 9.59 Å². The maximum atomic E-state index is 12.5. The summed E-state index contributed by atoms with van der Waals surface area (Å²) in [5.74, 6) is 1.03. The summed E-state index contributed by atoms with van der Waals surface area (Å²) in [6.07, 6.45) is 7.76. The van der Waals surface area contributed by atoms with Gasteiger partial charge in [-0.05, 0) is 24.5 Å². The summed E-state index contributed by atoms with van der Waals surface area (Å²) in [6.45, 7) is 0.201. The van der Waals surface area contributed by atoms with E-state index in [1.54, 1.807) is 18.2 Å². The van der Waals surface area contributed by atoms with Crippen molar-refractivity contribution in [2.45, 2.75) is 44.6 Å². The van der Waals surface area contributed by atoms with E-state index in [0.29, 0.717) is 34.6 Å². The zero-order valence-electron chi connectivity index (χ0n) is 15.4. The first-order valence-corrected chi connectivity index (χ1v) is 9.68. The Kier molecular flexibility index (Phi) is 6.26. The van der Waals surface area contributed by atoms with Crippen molar-refractivity contribution in [1.29, 1.82) is 0 Å². The number of carbonyl (C=O) groups is 2. The molecule has 1 aromatic carbocycles. The highest BCUT2D eigenvalue weighted by atomic mass is 35.5. The molecule has 1 unspecified atom stereocenters. The van der Waals surface area contributed by atoms with Crippen LogP contribution in [0.5, 0.6) is 11.5 Å². The van der Waals surface area contributed by atoms with Crippen LogP contribution in [0.1, 0.15) is 38.5 Å². The van der Waals surface area contributed by atoms with Crippen LogP contribution >= 0.6 is 11.6 Å². The lowest BCUT2D eigenvalue weighted by Gasteiger charge is -2.30. The minimum Gasteiger partial charge on any atom is -0.495 e. The summed E-state index contributed by atoms with van der Waals surface area (Å²) in [5.41, 5.74) is 5.62. The lowest BCUT2D eigenvalue weighted by atomic mass is 9.84. The third-order valence-electron chi connectivity index (χ3n) is 5.27. The largest absolute Gasteiger partial charge is 0.495 e. The number of rotatable bonds is 7. The second-order valence-electron chi connectivity index (χ2n) is 7.11. The van der Waals surface area contributed by atoms with Gasteiger partial charge in [-0.15, -0.1) is 0 Å². The SMILES string of the molecule is COc1cccc(OC2=CC(=O)N(C(CC3CCCCC3)C(N)=O)C2)c1Cl. The second kappa shape index (κ2) is 8.65. The molecule has 7 heteroatoms. The summed E-state index contributed by atoms with van der Waals surface area (Å²) in [5, 5.41) is 0.334. The van der Waals surface area contributed by atoms with Crippen LogP contribution in [0, 0.1) is 5.92 Å². The van der Waals surface area contributed by atoms with Crippen LogP contribution in [0.2, 0.25) is 5.02 Å². The van der Waals surface area contributed by atoms with Crippen molar-refractivity contribution >= 4 is 23.4 Å². The van der Waals surface area contributed by atoms with Gasteiger partial charge in [0, 0.05) is 6.08 Å². The number of hydrogen-bond donors (Lipinski definition) is 1. The van der Waals surface area contributed by atoms with Gasteiger partial charge in [0.2, 0.25) is 5.91 Å². The fourth-order valence-electron chi connectivity index (χ4n) is 3.84. The van der Waals surface area contributed by atoms with E-state index in [0.717, 1.165) is 12.8 Å². The third-order valence-corrected chi connectivity index (χ3v) is 5.64. The first kappa shape index (κ1) is 19.5. The average Bonchev–Trinajstić information content (AvgIpc) is 3.02. The lowest BCUT2D eigenvalue weighted by molar-refractivity contribution is -0.135. The summed E-state index contributed by atoms with van der Waals surface area (Å²) < 4.78 is 11.0. The smallest absolute Gasteiger partial charge is 0.251 e. The molecule has 1 aromatic rings. The van der Waals surface area contributed by atoms with Crippen molar-refractivity contribution < 1.29 is 19.1 Å². The Balaban J connectivity index is 1.69. The van der Waals surface area contributed by atoms with Crippen molar-refractivity contribution in [1.82, 2.24) is 4.90 Å². The van der Waals surface area contributed by atoms with Gasteiger partial charge in [0.05, 0.1) is 13.7 Å². The molecule has 1 aliphatic heterocycles. The first-order valence-electron chi connectivity index (χ1n) is 9.30. The predicted molar refractivity (Wildman–Crippen MR) is 103 cm³/mol. The van der Waals surface area contributed by atoms with E-state index in [1.165, 1.54) is 37.3 Å². The van der Waals surface area contributed by atoms with Crippen LogP contribution in [0.15, 0.2) is 30.0 Å². The number of hydrogen-bond acceptors (Lipinski definition) is 4. The van der Waals surface area contributed by atoms with Gasteiger partial charge >= 0.3 is 0 Å². The van der Waals surface area contributed by atoms with Gasteiger partial charge in [-0.3, -0.25) is 9.59 Å². The number of nitrogens with zero attached hydrogens (tertiary/aromatic N) is 1. The summed E-state index contributed by atoms with van der Waals surface area (Å²) in [4.78, 5) is 26.0. The molecule has 1 fully saturated rings. The number of methoxy groups -OCH3 is 1. The molecular weight excluding hydrogens is 368 g/mol. The topological polar surface area (TPSA) is 81.9 Å². The Morgan fingerprint density at radius 1 is 1.30 bits per heavy atom. The van der Waals surface area contributed by atoms with Crippen LogP contribution in [0.3, 0.4) is 0 Å². The standard InChI is InChI=1S/C20H25ClN2O4/c1-26-16-8-5-9-17(19(16)21)27-14-11-18(24)23(12-14)15(20(22)25)10-13-6-3-2-4-7-13/h5,8-9,11,13,15H,2-4,6-7,10,12H2,1H3,(H2,22,25). The monoisotopic (exact) mass is 392 g/mol. The van der Waals surface area contributed by atoms with Crippen LogP contribution in [-0.4, -0.2) is 36.4 Å². The minimum absolute atomic E-state index is 0.201. The zero-order chi connectivity index (χ0) is 19.4. The summed E-state index contributed by atoms with van der Waals surface area (Å²) in [6, 6.07) is 4.57. The summed E-state index contributed by atoms with van der Waals surface area (Å²) >= 11 is 6.25. The molecule has 0 bridgehead atoms. The third kappa shape index (κ3) is 4.56. The molecular formula is C20H25ClN2O4. The van der Waals surface area contributed by atoms with E-state index < -0.39 is 11.9 Å². The van der Waals surface area contributed by atoms with Crippen molar-refractivity contribution in [3.8, 4) is 11.5 Å². The van der Waals surface area contributed by atoms with Gasteiger partial charge < -0.3 is 20.1 Å².